The lowest BCUT2D eigenvalue weighted by Crippen LogP contribution is -2.28. The first-order valence-corrected chi connectivity index (χ1v) is 10.3. The van der Waals surface area contributed by atoms with E-state index in [9.17, 15) is 15.3 Å². The normalized spacial score (nSPS) is 16.8. The van der Waals surface area contributed by atoms with Gasteiger partial charge in [0.25, 0.3) is 0 Å². The minimum atomic E-state index is -0.692. The molecule has 1 aromatic heterocycles. The lowest BCUT2D eigenvalue weighted by molar-refractivity contribution is -0.117. The lowest BCUT2D eigenvalue weighted by Gasteiger charge is -2.23. The number of amides is 1. The maximum Gasteiger partial charge on any atom is 0.235 e. The van der Waals surface area contributed by atoms with Crippen molar-refractivity contribution in [3.05, 3.63) is 52.6 Å². The Morgan fingerprint density at radius 3 is 2.52 bits per heavy atom. The van der Waals surface area contributed by atoms with E-state index in [-0.39, 0.29) is 6.04 Å². The number of primary amides is 1. The Labute approximate surface area is 174 Å². The van der Waals surface area contributed by atoms with Crippen molar-refractivity contribution in [2.45, 2.75) is 36.1 Å². The van der Waals surface area contributed by atoms with Crippen LogP contribution in [0.3, 0.4) is 0 Å². The van der Waals surface area contributed by atoms with Crippen molar-refractivity contribution in [2.24, 2.45) is 11.5 Å². The summed E-state index contributed by atoms with van der Waals surface area (Å²) in [5.74, 6) is 0.00845. The van der Waals surface area contributed by atoms with E-state index in [0.29, 0.717) is 47.0 Å². The van der Waals surface area contributed by atoms with E-state index in [4.69, 9.17) is 11.5 Å². The van der Waals surface area contributed by atoms with Crippen molar-refractivity contribution in [1.29, 1.82) is 10.5 Å². The molecule has 7 nitrogen and oxygen atoms in total. The van der Waals surface area contributed by atoms with Crippen LogP contribution < -0.4 is 16.4 Å². The number of nitriles is 2. The van der Waals surface area contributed by atoms with Crippen molar-refractivity contribution in [3.8, 4) is 12.1 Å². The minimum absolute atomic E-state index is 0.0165. The molecule has 1 saturated heterocycles. The van der Waals surface area contributed by atoms with Gasteiger partial charge in [0.2, 0.25) is 5.91 Å². The summed E-state index contributed by atoms with van der Waals surface area (Å²) in [4.78, 5) is 18.8. The Kier molecular flexibility index (Phi) is 6.38. The van der Waals surface area contributed by atoms with Crippen LogP contribution in [0.5, 0.6) is 0 Å². The number of hydrogen-bond acceptors (Lipinski definition) is 7. The van der Waals surface area contributed by atoms with Gasteiger partial charge in [-0.2, -0.15) is 10.5 Å². The number of pyridine rings is 1. The van der Waals surface area contributed by atoms with Crippen LogP contribution in [-0.4, -0.2) is 30.0 Å². The number of carbonyl (C=O) groups is 1. The van der Waals surface area contributed by atoms with Gasteiger partial charge in [-0.15, -0.1) is 0 Å². The zero-order valence-corrected chi connectivity index (χ0v) is 16.9. The standard InChI is InChI=1S/C21H22N6OS/c1-2-15-16(10-22)20(27-9-8-14(24)12-27)26-21(17(15)11-23)29-18(19(25)28)13-6-4-3-5-7-13/h3-7,14,18H,2,8-9,12,24H2,1H3,(H2,25,28)/t14-,18?/m1/s1. The van der Waals surface area contributed by atoms with Gasteiger partial charge in [0, 0.05) is 19.1 Å². The van der Waals surface area contributed by atoms with Crippen LogP contribution in [0.15, 0.2) is 35.4 Å². The fourth-order valence-electron chi connectivity index (χ4n) is 3.51. The van der Waals surface area contributed by atoms with Gasteiger partial charge in [-0.3, -0.25) is 4.79 Å². The van der Waals surface area contributed by atoms with Crippen LogP contribution in [0.2, 0.25) is 0 Å². The Balaban J connectivity index is 2.13. The number of nitrogens with two attached hydrogens (primary N) is 2. The molecule has 148 valence electrons. The third kappa shape index (κ3) is 4.19. The molecule has 2 heterocycles. The monoisotopic (exact) mass is 406 g/mol. The Bertz CT molecular complexity index is 995. The predicted octanol–water partition coefficient (Wildman–Crippen LogP) is 2.24. The second-order valence-electron chi connectivity index (χ2n) is 6.85. The number of aromatic nitrogens is 1. The van der Waals surface area contributed by atoms with Gasteiger partial charge in [0.05, 0.1) is 11.1 Å². The number of carbonyl (C=O) groups excluding carboxylic acids is 1. The number of hydrogen-bond donors (Lipinski definition) is 2. The molecule has 4 N–H and O–H groups in total. The molecule has 1 aliphatic heterocycles. The van der Waals surface area contributed by atoms with Crippen molar-refractivity contribution in [3.63, 3.8) is 0 Å². The number of thioether (sulfide) groups is 1. The van der Waals surface area contributed by atoms with Gasteiger partial charge < -0.3 is 16.4 Å². The third-order valence-corrected chi connectivity index (χ3v) is 6.20. The van der Waals surface area contributed by atoms with E-state index < -0.39 is 11.2 Å². The highest BCUT2D eigenvalue weighted by atomic mass is 32.2. The Morgan fingerprint density at radius 1 is 1.31 bits per heavy atom. The van der Waals surface area contributed by atoms with E-state index in [1.807, 2.05) is 42.2 Å². The van der Waals surface area contributed by atoms with E-state index in [2.05, 4.69) is 17.1 Å². The van der Waals surface area contributed by atoms with Crippen molar-refractivity contribution < 1.29 is 4.79 Å². The molecule has 0 radical (unpaired) electrons. The quantitative estimate of drug-likeness (QED) is 0.703. The molecule has 2 aromatic rings. The number of anilines is 1. The zero-order valence-electron chi connectivity index (χ0n) is 16.1. The first-order valence-electron chi connectivity index (χ1n) is 9.38. The average Bonchev–Trinajstić information content (AvgIpc) is 3.17. The molecular weight excluding hydrogens is 384 g/mol. The molecule has 1 fully saturated rings. The molecule has 1 amide bonds. The number of benzene rings is 1. The molecule has 0 aliphatic carbocycles. The Hall–Kier alpha value is -3.07. The lowest BCUT2D eigenvalue weighted by atomic mass is 10.0. The summed E-state index contributed by atoms with van der Waals surface area (Å²) in [6.07, 6.45) is 1.31. The summed E-state index contributed by atoms with van der Waals surface area (Å²) in [6.45, 7) is 3.19. The Morgan fingerprint density at radius 2 is 2.00 bits per heavy atom. The summed E-state index contributed by atoms with van der Waals surface area (Å²) in [5.41, 5.74) is 13.8. The largest absolute Gasteiger partial charge is 0.368 e. The number of rotatable bonds is 6. The molecular formula is C21H22N6OS. The first-order chi connectivity index (χ1) is 14.0. The van der Waals surface area contributed by atoms with Gasteiger partial charge in [0.1, 0.15) is 28.2 Å². The fraction of sp³-hybridized carbons (Fsp3) is 0.333. The smallest absolute Gasteiger partial charge is 0.235 e. The van der Waals surface area contributed by atoms with Crippen LogP contribution >= 0.6 is 11.8 Å². The second-order valence-corrected chi connectivity index (χ2v) is 7.95. The molecule has 0 bridgehead atoms. The van der Waals surface area contributed by atoms with E-state index in [0.717, 1.165) is 23.7 Å². The fourth-order valence-corrected chi connectivity index (χ4v) is 4.57. The highest BCUT2D eigenvalue weighted by Crippen LogP contribution is 2.39. The summed E-state index contributed by atoms with van der Waals surface area (Å²) in [7, 11) is 0. The highest BCUT2D eigenvalue weighted by Gasteiger charge is 2.29. The molecule has 1 unspecified atom stereocenters. The predicted molar refractivity (Wildman–Crippen MR) is 112 cm³/mol. The molecule has 0 spiro atoms. The molecule has 2 atom stereocenters. The highest BCUT2D eigenvalue weighted by molar-refractivity contribution is 8.00. The van der Waals surface area contributed by atoms with E-state index >= 15 is 0 Å². The van der Waals surface area contributed by atoms with E-state index in [1.165, 1.54) is 0 Å². The summed E-state index contributed by atoms with van der Waals surface area (Å²) >= 11 is 1.15. The van der Waals surface area contributed by atoms with Crippen LogP contribution in [0, 0.1) is 22.7 Å². The van der Waals surface area contributed by atoms with Crippen molar-refractivity contribution in [1.82, 2.24) is 4.98 Å². The molecule has 1 aliphatic rings. The molecule has 0 saturated carbocycles. The summed E-state index contributed by atoms with van der Waals surface area (Å²) in [5, 5.41) is 19.3. The van der Waals surface area contributed by atoms with Crippen LogP contribution in [0.25, 0.3) is 0 Å². The maximum absolute atomic E-state index is 12.2. The second kappa shape index (κ2) is 8.95. The zero-order chi connectivity index (χ0) is 21.0. The third-order valence-electron chi connectivity index (χ3n) is 4.94. The molecule has 3 rings (SSSR count). The van der Waals surface area contributed by atoms with Crippen LogP contribution in [0.1, 0.15) is 40.8 Å². The molecule has 8 heteroatoms. The van der Waals surface area contributed by atoms with Crippen molar-refractivity contribution >= 4 is 23.5 Å². The van der Waals surface area contributed by atoms with Gasteiger partial charge in [0.15, 0.2) is 0 Å². The van der Waals surface area contributed by atoms with E-state index in [1.54, 1.807) is 0 Å². The minimum Gasteiger partial charge on any atom is -0.368 e. The molecule has 1 aromatic carbocycles. The van der Waals surface area contributed by atoms with Crippen LogP contribution in [0.4, 0.5) is 5.82 Å². The average molecular weight is 407 g/mol. The van der Waals surface area contributed by atoms with Gasteiger partial charge in [-0.05, 0) is 24.0 Å². The van der Waals surface area contributed by atoms with Gasteiger partial charge in [-0.1, -0.05) is 49.0 Å². The summed E-state index contributed by atoms with van der Waals surface area (Å²) in [6, 6.07) is 13.6. The van der Waals surface area contributed by atoms with Gasteiger partial charge in [-0.25, -0.2) is 4.98 Å². The van der Waals surface area contributed by atoms with Crippen molar-refractivity contribution in [2.75, 3.05) is 18.0 Å². The summed E-state index contributed by atoms with van der Waals surface area (Å²) < 4.78 is 0. The number of nitrogens with zero attached hydrogens (tertiary/aromatic N) is 4. The first kappa shape index (κ1) is 20.7. The van der Waals surface area contributed by atoms with Gasteiger partial charge >= 0.3 is 0 Å². The molecule has 29 heavy (non-hydrogen) atoms. The topological polar surface area (TPSA) is 133 Å². The maximum atomic E-state index is 12.2. The van der Waals surface area contributed by atoms with Crippen LogP contribution in [-0.2, 0) is 11.2 Å². The SMILES string of the molecule is CCc1c(C#N)c(SC(C(N)=O)c2ccccc2)nc(N2CC[C@@H](N)C2)c1C#N.